The van der Waals surface area contributed by atoms with Crippen molar-refractivity contribution in [2.75, 3.05) is 11.4 Å². The van der Waals surface area contributed by atoms with Gasteiger partial charge in [-0.15, -0.1) is 0 Å². The lowest BCUT2D eigenvalue weighted by molar-refractivity contribution is 0.594. The molecule has 3 aromatic rings. The van der Waals surface area contributed by atoms with Crippen LogP contribution in [0.1, 0.15) is 0 Å². The Labute approximate surface area is 136 Å². The van der Waals surface area contributed by atoms with Gasteiger partial charge in [-0.1, -0.05) is 54.6 Å². The van der Waals surface area contributed by atoms with Gasteiger partial charge in [0.05, 0.1) is 4.90 Å². The van der Waals surface area contributed by atoms with Gasteiger partial charge in [-0.25, -0.2) is 13.4 Å². The number of nitrogens with zero attached hydrogens (tertiary/aromatic N) is 2. The molecule has 4 nitrogen and oxygen atoms in total. The highest BCUT2D eigenvalue weighted by Gasteiger charge is 2.25. The molecule has 0 radical (unpaired) electrons. The van der Waals surface area contributed by atoms with Crippen LogP contribution in [-0.2, 0) is 10.0 Å². The Kier molecular flexibility index (Phi) is 4.12. The number of pyridine rings is 1. The highest BCUT2D eigenvalue weighted by molar-refractivity contribution is 7.93. The molecule has 0 bridgehead atoms. The lowest BCUT2D eigenvalue weighted by Gasteiger charge is -2.20. The van der Waals surface area contributed by atoms with E-state index >= 15 is 0 Å². The Morgan fingerprint density at radius 1 is 0.826 bits per heavy atom. The van der Waals surface area contributed by atoms with Crippen molar-refractivity contribution in [2.45, 2.75) is 4.90 Å². The Morgan fingerprint density at radius 3 is 2.17 bits per heavy atom. The number of hydrogen-bond acceptors (Lipinski definition) is 3. The van der Waals surface area contributed by atoms with Crippen LogP contribution < -0.4 is 4.31 Å². The van der Waals surface area contributed by atoms with E-state index in [4.69, 9.17) is 0 Å². The van der Waals surface area contributed by atoms with Crippen molar-refractivity contribution in [3.8, 4) is 11.1 Å². The Hall–Kier alpha value is -2.66. The minimum absolute atomic E-state index is 0.263. The maximum Gasteiger partial charge on any atom is 0.265 e. The summed E-state index contributed by atoms with van der Waals surface area (Å²) >= 11 is 0. The first-order valence-corrected chi connectivity index (χ1v) is 8.59. The molecular weight excluding hydrogens is 308 g/mol. The summed E-state index contributed by atoms with van der Waals surface area (Å²) in [4.78, 5) is 4.38. The second kappa shape index (κ2) is 6.22. The summed E-state index contributed by atoms with van der Waals surface area (Å²) in [5.74, 6) is 0.385. The van der Waals surface area contributed by atoms with E-state index < -0.39 is 10.0 Å². The van der Waals surface area contributed by atoms with Crippen LogP contribution in [-0.4, -0.2) is 20.4 Å². The van der Waals surface area contributed by atoms with Crippen LogP contribution in [0, 0.1) is 0 Å². The van der Waals surface area contributed by atoms with E-state index in [0.717, 1.165) is 5.56 Å². The smallest absolute Gasteiger partial charge is 0.253 e. The molecule has 5 heteroatoms. The Morgan fingerprint density at radius 2 is 1.48 bits per heavy atom. The van der Waals surface area contributed by atoms with Gasteiger partial charge in [0, 0.05) is 18.8 Å². The Balaban J connectivity index is 2.12. The molecule has 116 valence electrons. The van der Waals surface area contributed by atoms with Gasteiger partial charge in [0.2, 0.25) is 0 Å². The fourth-order valence-corrected chi connectivity index (χ4v) is 3.72. The van der Waals surface area contributed by atoms with Crippen molar-refractivity contribution in [2.24, 2.45) is 0 Å². The zero-order valence-electron chi connectivity index (χ0n) is 12.6. The molecule has 0 atom stereocenters. The summed E-state index contributed by atoms with van der Waals surface area (Å²) < 4.78 is 27.2. The van der Waals surface area contributed by atoms with Crippen molar-refractivity contribution in [1.29, 1.82) is 0 Å². The number of sulfonamides is 1. The van der Waals surface area contributed by atoms with Gasteiger partial charge >= 0.3 is 0 Å². The van der Waals surface area contributed by atoms with Crippen molar-refractivity contribution in [3.05, 3.63) is 79.0 Å². The molecule has 0 aliphatic rings. The lowest BCUT2D eigenvalue weighted by atomic mass is 10.1. The SMILES string of the molecule is CN(c1ccccn1)S(=O)(=O)c1ccccc1-c1ccccc1. The second-order valence-electron chi connectivity index (χ2n) is 5.02. The van der Waals surface area contributed by atoms with Crippen molar-refractivity contribution in [1.82, 2.24) is 4.98 Å². The number of anilines is 1. The molecule has 0 unspecified atom stereocenters. The number of rotatable bonds is 4. The molecule has 0 aliphatic carbocycles. The molecule has 3 rings (SSSR count). The number of benzene rings is 2. The van der Waals surface area contributed by atoms with Crippen LogP contribution in [0.3, 0.4) is 0 Å². The molecule has 0 aliphatic heterocycles. The summed E-state index contributed by atoms with van der Waals surface area (Å²) in [6.45, 7) is 0. The molecule has 23 heavy (non-hydrogen) atoms. The predicted octanol–water partition coefficient (Wildman–Crippen LogP) is 3.57. The molecule has 0 N–H and O–H groups in total. The topological polar surface area (TPSA) is 50.3 Å². The quantitative estimate of drug-likeness (QED) is 0.737. The first kappa shape index (κ1) is 15.2. The van der Waals surface area contributed by atoms with E-state index in [2.05, 4.69) is 4.98 Å². The first-order valence-electron chi connectivity index (χ1n) is 7.15. The minimum Gasteiger partial charge on any atom is -0.253 e. The highest BCUT2D eigenvalue weighted by atomic mass is 32.2. The molecule has 0 saturated heterocycles. The van der Waals surface area contributed by atoms with E-state index in [-0.39, 0.29) is 4.90 Å². The molecular formula is C18H16N2O2S. The molecule has 0 amide bonds. The van der Waals surface area contributed by atoms with Gasteiger partial charge < -0.3 is 0 Å². The van der Waals surface area contributed by atoms with Crippen LogP contribution in [0.5, 0.6) is 0 Å². The van der Waals surface area contributed by atoms with Gasteiger partial charge in [0.1, 0.15) is 5.82 Å². The van der Waals surface area contributed by atoms with Crippen molar-refractivity contribution < 1.29 is 8.42 Å². The summed E-state index contributed by atoms with van der Waals surface area (Å²) in [7, 11) is -2.19. The van der Waals surface area contributed by atoms with E-state index in [1.807, 2.05) is 42.5 Å². The fraction of sp³-hybridized carbons (Fsp3) is 0.0556. The zero-order valence-corrected chi connectivity index (χ0v) is 13.4. The van der Waals surface area contributed by atoms with E-state index in [1.54, 1.807) is 36.5 Å². The normalized spacial score (nSPS) is 11.2. The minimum atomic E-state index is -3.70. The fourth-order valence-electron chi connectivity index (χ4n) is 2.36. The molecule has 2 aromatic carbocycles. The van der Waals surface area contributed by atoms with Gasteiger partial charge in [-0.3, -0.25) is 4.31 Å². The third-order valence-electron chi connectivity index (χ3n) is 3.58. The maximum atomic E-state index is 13.0. The largest absolute Gasteiger partial charge is 0.265 e. The van der Waals surface area contributed by atoms with Crippen LogP contribution >= 0.6 is 0 Å². The highest BCUT2D eigenvalue weighted by Crippen LogP contribution is 2.30. The van der Waals surface area contributed by atoms with Gasteiger partial charge in [-0.05, 0) is 23.8 Å². The van der Waals surface area contributed by atoms with Crippen LogP contribution in [0.25, 0.3) is 11.1 Å². The third-order valence-corrected chi connectivity index (χ3v) is 5.40. The van der Waals surface area contributed by atoms with Crippen LogP contribution in [0.4, 0.5) is 5.82 Å². The van der Waals surface area contributed by atoms with E-state index in [1.165, 1.54) is 11.4 Å². The molecule has 0 spiro atoms. The second-order valence-corrected chi connectivity index (χ2v) is 6.96. The van der Waals surface area contributed by atoms with Gasteiger partial charge in [0.25, 0.3) is 10.0 Å². The first-order chi connectivity index (χ1) is 11.1. The summed E-state index contributed by atoms with van der Waals surface area (Å²) in [6.07, 6.45) is 1.57. The molecule has 0 saturated carbocycles. The van der Waals surface area contributed by atoms with Crippen LogP contribution in [0.15, 0.2) is 83.9 Å². The van der Waals surface area contributed by atoms with E-state index in [0.29, 0.717) is 11.4 Å². The lowest BCUT2D eigenvalue weighted by Crippen LogP contribution is -2.27. The summed E-state index contributed by atoms with van der Waals surface area (Å²) in [5.41, 5.74) is 1.54. The molecule has 0 fully saturated rings. The van der Waals surface area contributed by atoms with Gasteiger partial charge in [0.15, 0.2) is 0 Å². The average molecular weight is 324 g/mol. The van der Waals surface area contributed by atoms with Crippen LogP contribution in [0.2, 0.25) is 0 Å². The monoisotopic (exact) mass is 324 g/mol. The maximum absolute atomic E-state index is 13.0. The van der Waals surface area contributed by atoms with Gasteiger partial charge in [-0.2, -0.15) is 0 Å². The zero-order chi connectivity index (χ0) is 16.3. The Bertz CT molecular complexity index is 895. The summed E-state index contributed by atoms with van der Waals surface area (Å²) in [6, 6.07) is 21.7. The van der Waals surface area contributed by atoms with E-state index in [9.17, 15) is 8.42 Å². The standard InChI is InChI=1S/C18H16N2O2S/c1-20(18-13-7-8-14-19-18)23(21,22)17-12-6-5-11-16(17)15-9-3-2-4-10-15/h2-14H,1H3. The average Bonchev–Trinajstić information content (AvgIpc) is 2.62. The van der Waals surface area contributed by atoms with Crippen molar-refractivity contribution >= 4 is 15.8 Å². The molecule has 1 aromatic heterocycles. The number of hydrogen-bond donors (Lipinski definition) is 0. The third kappa shape index (κ3) is 2.96. The predicted molar refractivity (Wildman–Crippen MR) is 91.7 cm³/mol. The van der Waals surface area contributed by atoms with Crippen molar-refractivity contribution in [3.63, 3.8) is 0 Å². The number of aromatic nitrogens is 1. The summed E-state index contributed by atoms with van der Waals surface area (Å²) in [5, 5.41) is 0. The molecule has 1 heterocycles.